The average Bonchev–Trinajstić information content (AvgIpc) is 3.21. The molecule has 23 heavy (non-hydrogen) atoms. The molecular formula is C16H35O3Si4. The van der Waals surface area contributed by atoms with E-state index < -0.39 is 25.0 Å². The van der Waals surface area contributed by atoms with E-state index in [1.807, 2.05) is 0 Å². The summed E-state index contributed by atoms with van der Waals surface area (Å²) in [5.74, 6) is 0.881. The van der Waals surface area contributed by atoms with Crippen LogP contribution in [-0.4, -0.2) is 47.6 Å². The van der Waals surface area contributed by atoms with Crippen molar-refractivity contribution in [3.8, 4) is 0 Å². The summed E-state index contributed by atoms with van der Waals surface area (Å²) >= 11 is 0. The first kappa shape index (κ1) is 20.1. The van der Waals surface area contributed by atoms with Crippen molar-refractivity contribution in [2.75, 3.05) is 0 Å². The summed E-state index contributed by atoms with van der Waals surface area (Å²) in [6, 6.07) is 3.71. The molecule has 3 atom stereocenters. The lowest BCUT2D eigenvalue weighted by molar-refractivity contribution is 0.355. The molecule has 2 fully saturated rings. The van der Waals surface area contributed by atoms with Crippen LogP contribution in [0.3, 0.4) is 0 Å². The number of ether oxygens (including phenoxy) is 1. The third kappa shape index (κ3) is 6.87. The zero-order chi connectivity index (χ0) is 17.3. The van der Waals surface area contributed by atoms with Crippen LogP contribution in [-0.2, 0) is 13.0 Å². The third-order valence-electron chi connectivity index (χ3n) is 5.43. The van der Waals surface area contributed by atoms with Crippen LogP contribution in [0.25, 0.3) is 0 Å². The second-order valence-corrected chi connectivity index (χ2v) is 23.1. The number of epoxide rings is 1. The van der Waals surface area contributed by atoms with Crippen LogP contribution in [0, 0.1) is 5.92 Å². The summed E-state index contributed by atoms with van der Waals surface area (Å²) in [4.78, 5) is 0. The Bertz CT molecular complexity index is 401. The smallest absolute Gasteiger partial charge is 0.230 e. The number of rotatable bonds is 9. The lowest BCUT2D eigenvalue weighted by atomic mass is 9.88. The Kier molecular flexibility index (Phi) is 6.59. The molecule has 133 valence electrons. The molecule has 3 nitrogen and oxygen atoms in total. The molecule has 1 saturated heterocycles. The first-order chi connectivity index (χ1) is 10.5. The summed E-state index contributed by atoms with van der Waals surface area (Å²) in [5, 5.41) is 0. The molecule has 1 saturated carbocycles. The SMILES string of the molecule is C[Si](C)(CC[Si](C)(C)O[Si](C)(C)CCC1CCC2OC2C1)O[Si]. The molecular weight excluding hydrogens is 353 g/mol. The van der Waals surface area contributed by atoms with Crippen molar-refractivity contribution in [2.45, 2.75) is 95.3 Å². The van der Waals surface area contributed by atoms with Gasteiger partial charge in [0.05, 0.1) is 12.2 Å². The van der Waals surface area contributed by atoms with Gasteiger partial charge in [-0.2, -0.15) is 0 Å². The average molecular weight is 388 g/mol. The highest BCUT2D eigenvalue weighted by Crippen LogP contribution is 2.41. The topological polar surface area (TPSA) is 31.0 Å². The van der Waals surface area contributed by atoms with Gasteiger partial charge in [0.2, 0.25) is 10.5 Å². The zero-order valence-corrected chi connectivity index (χ0v) is 19.9. The highest BCUT2D eigenvalue weighted by Gasteiger charge is 2.44. The molecule has 0 aromatic rings. The molecule has 3 radical (unpaired) electrons. The zero-order valence-electron chi connectivity index (χ0n) is 15.9. The third-order valence-corrected chi connectivity index (χ3v) is 17.0. The minimum Gasteiger partial charge on any atom is -0.457 e. The standard InChI is InChI=1S/C16H35O3Si4/c1-21(2,18-20)11-12-23(5,6)19-22(3,4)10-9-14-7-8-15-16(13-14)17-15/h14-16H,7-13H2,1-6H3. The van der Waals surface area contributed by atoms with Gasteiger partial charge in [-0.1, -0.05) is 6.42 Å². The van der Waals surface area contributed by atoms with Crippen LogP contribution in [0.4, 0.5) is 0 Å². The van der Waals surface area contributed by atoms with Crippen molar-refractivity contribution in [3.63, 3.8) is 0 Å². The van der Waals surface area contributed by atoms with Gasteiger partial charge in [-0.15, -0.1) is 0 Å². The molecule has 1 aliphatic carbocycles. The van der Waals surface area contributed by atoms with Crippen LogP contribution in [0.5, 0.6) is 0 Å². The van der Waals surface area contributed by atoms with Crippen molar-refractivity contribution >= 4 is 35.4 Å². The Morgan fingerprint density at radius 1 is 0.870 bits per heavy atom. The van der Waals surface area contributed by atoms with E-state index in [4.69, 9.17) is 13.0 Å². The molecule has 0 aromatic heterocycles. The Balaban J connectivity index is 1.74. The summed E-state index contributed by atoms with van der Waals surface area (Å²) < 4.78 is 18.0. The van der Waals surface area contributed by atoms with Crippen molar-refractivity contribution in [1.29, 1.82) is 0 Å². The van der Waals surface area contributed by atoms with Gasteiger partial charge in [0.1, 0.15) is 0 Å². The van der Waals surface area contributed by atoms with Crippen LogP contribution in [0.2, 0.25) is 57.4 Å². The first-order valence-electron chi connectivity index (χ1n) is 9.22. The molecule has 2 aliphatic rings. The van der Waals surface area contributed by atoms with Gasteiger partial charge in [-0.3, -0.25) is 0 Å². The van der Waals surface area contributed by atoms with Crippen LogP contribution >= 0.6 is 0 Å². The normalized spacial score (nSPS) is 28.6. The Morgan fingerprint density at radius 2 is 1.48 bits per heavy atom. The Morgan fingerprint density at radius 3 is 2.09 bits per heavy atom. The monoisotopic (exact) mass is 387 g/mol. The van der Waals surface area contributed by atoms with E-state index in [1.54, 1.807) is 0 Å². The van der Waals surface area contributed by atoms with E-state index in [2.05, 4.69) is 49.8 Å². The molecule has 0 amide bonds. The summed E-state index contributed by atoms with van der Waals surface area (Å²) in [6.45, 7) is 14.2. The number of hydrogen-bond donors (Lipinski definition) is 0. The lowest BCUT2D eigenvalue weighted by Gasteiger charge is -2.36. The molecule has 3 unspecified atom stereocenters. The van der Waals surface area contributed by atoms with Gasteiger partial charge in [-0.05, 0) is 82.6 Å². The molecule has 0 N–H and O–H groups in total. The van der Waals surface area contributed by atoms with Crippen LogP contribution in [0.15, 0.2) is 0 Å². The predicted molar refractivity (Wildman–Crippen MR) is 105 cm³/mol. The van der Waals surface area contributed by atoms with Crippen molar-refractivity contribution in [2.24, 2.45) is 5.92 Å². The van der Waals surface area contributed by atoms with E-state index >= 15 is 0 Å². The maximum Gasteiger partial charge on any atom is 0.230 e. The van der Waals surface area contributed by atoms with E-state index in [0.717, 1.165) is 5.92 Å². The molecule has 0 bridgehead atoms. The minimum absolute atomic E-state index is 0.613. The van der Waals surface area contributed by atoms with Gasteiger partial charge in [-0.25, -0.2) is 0 Å². The summed E-state index contributed by atoms with van der Waals surface area (Å²) in [7, 11) is -1.42. The maximum absolute atomic E-state index is 6.79. The van der Waals surface area contributed by atoms with Gasteiger partial charge in [0.25, 0.3) is 0 Å². The van der Waals surface area contributed by atoms with E-state index in [1.165, 1.54) is 43.8 Å². The molecule has 2 rings (SSSR count). The van der Waals surface area contributed by atoms with Crippen molar-refractivity contribution in [3.05, 3.63) is 0 Å². The summed E-state index contributed by atoms with van der Waals surface area (Å²) in [5.41, 5.74) is 0. The predicted octanol–water partition coefficient (Wildman–Crippen LogP) is 4.68. The lowest BCUT2D eigenvalue weighted by Crippen LogP contribution is -2.45. The quantitative estimate of drug-likeness (QED) is 0.425. The molecule has 1 aliphatic heterocycles. The molecule has 0 spiro atoms. The number of hydrogen-bond acceptors (Lipinski definition) is 3. The van der Waals surface area contributed by atoms with Gasteiger partial charge in [0.15, 0.2) is 25.0 Å². The van der Waals surface area contributed by atoms with Crippen molar-refractivity contribution in [1.82, 2.24) is 0 Å². The first-order valence-corrected chi connectivity index (χ1v) is 19.0. The molecule has 7 heteroatoms. The largest absolute Gasteiger partial charge is 0.457 e. The molecule has 0 aromatic carbocycles. The van der Waals surface area contributed by atoms with Crippen LogP contribution < -0.4 is 0 Å². The second-order valence-electron chi connectivity index (χ2n) is 9.41. The number of fused-ring (bicyclic) bond motifs is 1. The minimum atomic E-state index is -1.59. The van der Waals surface area contributed by atoms with Gasteiger partial charge < -0.3 is 13.0 Å². The fraction of sp³-hybridized carbons (Fsp3) is 1.00. The Labute approximate surface area is 149 Å². The highest BCUT2D eigenvalue weighted by atomic mass is 28.4. The van der Waals surface area contributed by atoms with Gasteiger partial charge in [0, 0.05) is 0 Å². The highest BCUT2D eigenvalue weighted by molar-refractivity contribution is 6.86. The maximum atomic E-state index is 6.79. The van der Waals surface area contributed by atoms with E-state index in [-0.39, 0.29) is 0 Å². The Hall–Kier alpha value is 0.748. The fourth-order valence-corrected chi connectivity index (χ4v) is 16.9. The molecule has 1 heterocycles. The van der Waals surface area contributed by atoms with Gasteiger partial charge >= 0.3 is 0 Å². The van der Waals surface area contributed by atoms with Crippen LogP contribution in [0.1, 0.15) is 25.7 Å². The fourth-order valence-electron chi connectivity index (χ4n) is 3.80. The summed E-state index contributed by atoms with van der Waals surface area (Å²) in [6.07, 6.45) is 6.56. The van der Waals surface area contributed by atoms with Crippen molar-refractivity contribution < 1.29 is 13.0 Å². The van der Waals surface area contributed by atoms with E-state index in [0.29, 0.717) is 12.2 Å². The van der Waals surface area contributed by atoms with E-state index in [9.17, 15) is 0 Å². The second kappa shape index (κ2) is 7.55.